The molecule has 0 bridgehead atoms. The van der Waals surface area contributed by atoms with Gasteiger partial charge in [0, 0.05) is 31.8 Å². The Hall–Kier alpha value is -2.15. The van der Waals surface area contributed by atoms with Crippen molar-refractivity contribution in [2.75, 3.05) is 24.6 Å². The molecular formula is C16H20FN3O3. The molecule has 0 radical (unpaired) electrons. The van der Waals surface area contributed by atoms with Crippen LogP contribution >= 0.6 is 0 Å². The zero-order valence-corrected chi connectivity index (χ0v) is 12.8. The first-order valence-corrected chi connectivity index (χ1v) is 7.84. The number of rotatable bonds is 4. The highest BCUT2D eigenvalue weighted by atomic mass is 19.1. The molecule has 2 N–H and O–H groups in total. The van der Waals surface area contributed by atoms with Gasteiger partial charge in [-0.1, -0.05) is 6.07 Å². The van der Waals surface area contributed by atoms with Crippen LogP contribution in [0.5, 0.6) is 0 Å². The maximum atomic E-state index is 13.3. The summed E-state index contributed by atoms with van der Waals surface area (Å²) in [6.45, 7) is 1.56. The Bertz CT molecular complexity index is 590. The number of carbonyl (C=O) groups excluding carboxylic acids is 2. The summed E-state index contributed by atoms with van der Waals surface area (Å²) in [6, 6.07) is 5.30. The summed E-state index contributed by atoms with van der Waals surface area (Å²) in [5.74, 6) is -0.513. The van der Waals surface area contributed by atoms with Gasteiger partial charge in [0.05, 0.1) is 12.1 Å². The van der Waals surface area contributed by atoms with E-state index >= 15 is 0 Å². The van der Waals surface area contributed by atoms with E-state index in [0.717, 1.165) is 19.4 Å². The molecule has 7 heteroatoms. The monoisotopic (exact) mass is 321 g/mol. The molecule has 2 atom stereocenters. The minimum atomic E-state index is -0.388. The van der Waals surface area contributed by atoms with Gasteiger partial charge in [0.1, 0.15) is 5.82 Å². The van der Waals surface area contributed by atoms with Crippen molar-refractivity contribution in [3.8, 4) is 0 Å². The van der Waals surface area contributed by atoms with Crippen LogP contribution in [0, 0.1) is 5.82 Å². The van der Waals surface area contributed by atoms with Crippen LogP contribution in [0.15, 0.2) is 24.3 Å². The largest absolute Gasteiger partial charge is 0.376 e. The summed E-state index contributed by atoms with van der Waals surface area (Å²) in [7, 11) is 0. The van der Waals surface area contributed by atoms with Crippen LogP contribution in [0.4, 0.5) is 14.9 Å². The number of nitrogens with one attached hydrogen (secondary N) is 2. The topological polar surface area (TPSA) is 70.7 Å². The molecule has 2 fully saturated rings. The first-order chi connectivity index (χ1) is 11.1. The van der Waals surface area contributed by atoms with Crippen molar-refractivity contribution in [2.24, 2.45) is 0 Å². The smallest absolute Gasteiger partial charge is 0.315 e. The van der Waals surface area contributed by atoms with Crippen LogP contribution in [0.25, 0.3) is 0 Å². The molecule has 1 aromatic rings. The minimum absolute atomic E-state index is 0.0785. The van der Waals surface area contributed by atoms with Crippen LogP contribution in [-0.2, 0) is 9.53 Å². The van der Waals surface area contributed by atoms with E-state index in [-0.39, 0.29) is 36.3 Å². The standard InChI is InChI=1S/C16H20FN3O3/c17-11-3-1-4-13(7-11)20-10-12(8-15(20)21)19-16(22)18-9-14-5-2-6-23-14/h1,3-4,7,12,14H,2,5-6,8-10H2,(H2,18,19,22)/t12-,14-/m0/s1. The second kappa shape index (κ2) is 6.95. The lowest BCUT2D eigenvalue weighted by Gasteiger charge is -2.18. The molecule has 0 aliphatic carbocycles. The van der Waals surface area contributed by atoms with Crippen LogP contribution < -0.4 is 15.5 Å². The number of nitrogens with zero attached hydrogens (tertiary/aromatic N) is 1. The number of carbonyl (C=O) groups is 2. The van der Waals surface area contributed by atoms with Gasteiger partial charge in [0.2, 0.25) is 5.91 Å². The third kappa shape index (κ3) is 3.98. The molecule has 23 heavy (non-hydrogen) atoms. The lowest BCUT2D eigenvalue weighted by molar-refractivity contribution is -0.117. The van der Waals surface area contributed by atoms with Gasteiger partial charge in [-0.15, -0.1) is 0 Å². The van der Waals surface area contributed by atoms with Crippen LogP contribution in [0.2, 0.25) is 0 Å². The fourth-order valence-electron chi connectivity index (χ4n) is 2.95. The van der Waals surface area contributed by atoms with Gasteiger partial charge < -0.3 is 20.3 Å². The maximum absolute atomic E-state index is 13.3. The Balaban J connectivity index is 1.50. The van der Waals surface area contributed by atoms with E-state index in [1.807, 2.05) is 0 Å². The highest BCUT2D eigenvalue weighted by molar-refractivity contribution is 5.96. The van der Waals surface area contributed by atoms with Crippen molar-refractivity contribution in [3.05, 3.63) is 30.1 Å². The van der Waals surface area contributed by atoms with Gasteiger partial charge in [-0.3, -0.25) is 4.79 Å². The highest BCUT2D eigenvalue weighted by Crippen LogP contribution is 2.22. The molecular weight excluding hydrogens is 301 g/mol. The third-order valence-electron chi connectivity index (χ3n) is 4.09. The summed E-state index contributed by atoms with van der Waals surface area (Å²) in [4.78, 5) is 25.4. The molecule has 124 valence electrons. The van der Waals surface area contributed by atoms with Crippen molar-refractivity contribution >= 4 is 17.6 Å². The quantitative estimate of drug-likeness (QED) is 0.881. The Labute approximate surface area is 134 Å². The van der Waals surface area contributed by atoms with E-state index in [4.69, 9.17) is 4.74 Å². The molecule has 2 aliphatic heterocycles. The van der Waals surface area contributed by atoms with Crippen molar-refractivity contribution in [2.45, 2.75) is 31.4 Å². The van der Waals surface area contributed by atoms with Crippen molar-refractivity contribution in [1.29, 1.82) is 0 Å². The lowest BCUT2D eigenvalue weighted by atomic mass is 10.2. The molecule has 6 nitrogen and oxygen atoms in total. The van der Waals surface area contributed by atoms with Gasteiger partial charge in [0.15, 0.2) is 0 Å². The van der Waals surface area contributed by atoms with E-state index in [9.17, 15) is 14.0 Å². The number of hydrogen-bond acceptors (Lipinski definition) is 3. The zero-order valence-electron chi connectivity index (χ0n) is 12.8. The third-order valence-corrected chi connectivity index (χ3v) is 4.09. The summed E-state index contributed by atoms with van der Waals surface area (Å²) < 4.78 is 18.7. The number of urea groups is 1. The van der Waals surface area contributed by atoms with Crippen molar-refractivity contribution in [3.63, 3.8) is 0 Å². The number of hydrogen-bond donors (Lipinski definition) is 2. The maximum Gasteiger partial charge on any atom is 0.315 e. The highest BCUT2D eigenvalue weighted by Gasteiger charge is 2.31. The fraction of sp³-hybridized carbons (Fsp3) is 0.500. The lowest BCUT2D eigenvalue weighted by Crippen LogP contribution is -2.45. The molecule has 3 amide bonds. The zero-order chi connectivity index (χ0) is 16.2. The van der Waals surface area contributed by atoms with Gasteiger partial charge in [0.25, 0.3) is 0 Å². The number of benzene rings is 1. The minimum Gasteiger partial charge on any atom is -0.376 e. The van der Waals surface area contributed by atoms with E-state index in [1.165, 1.54) is 17.0 Å². The summed E-state index contributed by atoms with van der Waals surface area (Å²) >= 11 is 0. The number of ether oxygens (including phenoxy) is 1. The van der Waals surface area contributed by atoms with Crippen LogP contribution in [-0.4, -0.2) is 43.8 Å². The predicted molar refractivity (Wildman–Crippen MR) is 82.7 cm³/mol. The van der Waals surface area contributed by atoms with E-state index in [2.05, 4.69) is 10.6 Å². The molecule has 0 spiro atoms. The van der Waals surface area contributed by atoms with E-state index < -0.39 is 0 Å². The SMILES string of the molecule is O=C(NC[C@@H]1CCCO1)N[C@H]1CC(=O)N(c2cccc(F)c2)C1. The van der Waals surface area contributed by atoms with Crippen molar-refractivity contribution in [1.82, 2.24) is 10.6 Å². The molecule has 2 saturated heterocycles. The Morgan fingerprint density at radius 3 is 3.04 bits per heavy atom. The molecule has 2 aliphatic rings. The predicted octanol–water partition coefficient (Wildman–Crippen LogP) is 1.41. The van der Waals surface area contributed by atoms with E-state index in [0.29, 0.717) is 18.8 Å². The van der Waals surface area contributed by atoms with E-state index in [1.54, 1.807) is 12.1 Å². The second-order valence-corrected chi connectivity index (χ2v) is 5.87. The van der Waals surface area contributed by atoms with Crippen molar-refractivity contribution < 1.29 is 18.7 Å². The molecule has 1 aromatic carbocycles. The summed E-state index contributed by atoms with van der Waals surface area (Å²) in [5, 5.41) is 5.55. The molecule has 0 aromatic heterocycles. The Morgan fingerprint density at radius 2 is 2.30 bits per heavy atom. The number of amides is 3. The second-order valence-electron chi connectivity index (χ2n) is 5.87. The van der Waals surface area contributed by atoms with Crippen LogP contribution in [0.3, 0.4) is 0 Å². The Morgan fingerprint density at radius 1 is 1.43 bits per heavy atom. The normalized spacial score (nSPS) is 24.0. The van der Waals surface area contributed by atoms with Gasteiger partial charge in [-0.05, 0) is 31.0 Å². The average Bonchev–Trinajstić information content (AvgIpc) is 3.15. The molecule has 3 rings (SSSR count). The average molecular weight is 321 g/mol. The van der Waals surface area contributed by atoms with Crippen LogP contribution in [0.1, 0.15) is 19.3 Å². The molecule has 0 saturated carbocycles. The Kier molecular flexibility index (Phi) is 4.76. The first-order valence-electron chi connectivity index (χ1n) is 7.84. The summed E-state index contributed by atoms with van der Waals surface area (Å²) in [5.41, 5.74) is 0.513. The molecule has 0 unspecified atom stereocenters. The number of halogens is 1. The fourth-order valence-corrected chi connectivity index (χ4v) is 2.95. The first kappa shape index (κ1) is 15.7. The summed E-state index contributed by atoms with van der Waals surface area (Å²) in [6.07, 6.45) is 2.27. The van der Waals surface area contributed by atoms with Gasteiger partial charge in [-0.25, -0.2) is 9.18 Å². The van der Waals surface area contributed by atoms with Gasteiger partial charge >= 0.3 is 6.03 Å². The molecule has 2 heterocycles. The van der Waals surface area contributed by atoms with Gasteiger partial charge in [-0.2, -0.15) is 0 Å². The number of anilines is 1.